The minimum atomic E-state index is 0.338. The van der Waals surface area contributed by atoms with Crippen LogP contribution >= 0.6 is 11.5 Å². The molecule has 0 radical (unpaired) electrons. The first-order chi connectivity index (χ1) is 7.29. The number of para-hydroxylation sites is 1. The Hall–Kier alpha value is -1.62. The van der Waals surface area contributed by atoms with E-state index in [0.717, 1.165) is 16.3 Å². The molecule has 15 heavy (non-hydrogen) atoms. The molecule has 0 aliphatic heterocycles. The largest absolute Gasteiger partial charge is 0.496 e. The average molecular weight is 221 g/mol. The molecule has 0 saturated carbocycles. The Kier molecular flexibility index (Phi) is 2.82. The van der Waals surface area contributed by atoms with Crippen LogP contribution in [0.15, 0.2) is 24.3 Å². The predicted molar refractivity (Wildman–Crippen MR) is 60.1 cm³/mol. The van der Waals surface area contributed by atoms with Crippen molar-refractivity contribution in [3.63, 3.8) is 0 Å². The number of nitrogens with zero attached hydrogens (tertiary/aromatic N) is 2. The molecule has 0 fully saturated rings. The molecule has 4 nitrogen and oxygen atoms in total. The highest BCUT2D eigenvalue weighted by atomic mass is 32.1. The lowest BCUT2D eigenvalue weighted by atomic mass is 10.1. The molecule has 0 unspecified atom stereocenters. The summed E-state index contributed by atoms with van der Waals surface area (Å²) in [6.45, 7) is 0. The van der Waals surface area contributed by atoms with E-state index >= 15 is 0 Å². The monoisotopic (exact) mass is 221 g/mol. The molecule has 0 aliphatic rings. The van der Waals surface area contributed by atoms with E-state index in [-0.39, 0.29) is 0 Å². The Bertz CT molecular complexity index is 455. The van der Waals surface area contributed by atoms with Crippen LogP contribution in [0.5, 0.6) is 5.75 Å². The summed E-state index contributed by atoms with van der Waals surface area (Å²) in [5.41, 5.74) is 6.55. The maximum absolute atomic E-state index is 5.46. The molecular weight excluding hydrogens is 210 g/mol. The van der Waals surface area contributed by atoms with Crippen molar-refractivity contribution in [1.29, 1.82) is 0 Å². The number of hydrogen-bond donors (Lipinski definition) is 1. The molecule has 0 spiro atoms. The van der Waals surface area contributed by atoms with Crippen LogP contribution in [0.1, 0.15) is 10.6 Å². The summed E-state index contributed by atoms with van der Waals surface area (Å²) >= 11 is 1.32. The van der Waals surface area contributed by atoms with Crippen LogP contribution in [0.25, 0.3) is 0 Å². The molecule has 0 amide bonds. The van der Waals surface area contributed by atoms with E-state index in [4.69, 9.17) is 10.5 Å². The topological polar surface area (TPSA) is 61.0 Å². The number of rotatable bonds is 3. The van der Waals surface area contributed by atoms with Crippen LogP contribution in [0.4, 0.5) is 5.95 Å². The Morgan fingerprint density at radius 3 is 2.87 bits per heavy atom. The summed E-state index contributed by atoms with van der Waals surface area (Å²) in [7, 11) is 1.66. The van der Waals surface area contributed by atoms with E-state index in [2.05, 4.69) is 9.36 Å². The van der Waals surface area contributed by atoms with Gasteiger partial charge in [0.2, 0.25) is 5.95 Å². The summed E-state index contributed by atoms with van der Waals surface area (Å²) in [5.74, 6) is 1.20. The van der Waals surface area contributed by atoms with Gasteiger partial charge in [-0.2, -0.15) is 4.37 Å². The van der Waals surface area contributed by atoms with Gasteiger partial charge in [0, 0.05) is 12.0 Å². The van der Waals surface area contributed by atoms with E-state index < -0.39 is 0 Å². The number of nitrogen functional groups attached to an aromatic ring is 1. The van der Waals surface area contributed by atoms with Crippen LogP contribution < -0.4 is 10.5 Å². The summed E-state index contributed by atoms with van der Waals surface area (Å²) in [6, 6.07) is 7.86. The van der Waals surface area contributed by atoms with E-state index in [1.807, 2.05) is 24.3 Å². The molecule has 2 N–H and O–H groups in total. The zero-order valence-electron chi connectivity index (χ0n) is 8.30. The van der Waals surface area contributed by atoms with E-state index in [0.29, 0.717) is 12.4 Å². The minimum Gasteiger partial charge on any atom is -0.496 e. The average Bonchev–Trinajstić information content (AvgIpc) is 2.65. The standard InChI is InChI=1S/C10H11N3OS/c1-14-8-5-3-2-4-7(8)6-9-12-10(11)13-15-9/h2-5H,6H2,1H3,(H2,11,13). The second kappa shape index (κ2) is 4.27. The van der Waals surface area contributed by atoms with Gasteiger partial charge in [-0.3, -0.25) is 0 Å². The maximum Gasteiger partial charge on any atom is 0.232 e. The minimum absolute atomic E-state index is 0.338. The molecule has 1 aromatic carbocycles. The first kappa shape index (κ1) is 9.92. The fraction of sp³-hybridized carbons (Fsp3) is 0.200. The number of ether oxygens (including phenoxy) is 1. The molecule has 1 heterocycles. The number of aromatic nitrogens is 2. The molecule has 78 valence electrons. The normalized spacial score (nSPS) is 10.2. The van der Waals surface area contributed by atoms with Crippen LogP contribution in [0, 0.1) is 0 Å². The third-order valence-corrected chi connectivity index (χ3v) is 2.74. The smallest absolute Gasteiger partial charge is 0.232 e. The van der Waals surface area contributed by atoms with Crippen LogP contribution in [-0.4, -0.2) is 16.5 Å². The summed E-state index contributed by atoms with van der Waals surface area (Å²) in [5, 5.41) is 0.900. The highest BCUT2D eigenvalue weighted by Crippen LogP contribution is 2.21. The van der Waals surface area contributed by atoms with Gasteiger partial charge in [0.1, 0.15) is 10.8 Å². The maximum atomic E-state index is 5.46. The lowest BCUT2D eigenvalue weighted by Crippen LogP contribution is -1.93. The fourth-order valence-corrected chi connectivity index (χ4v) is 1.95. The van der Waals surface area contributed by atoms with Gasteiger partial charge in [-0.15, -0.1) is 0 Å². The molecule has 0 bridgehead atoms. The lowest BCUT2D eigenvalue weighted by Gasteiger charge is -2.05. The summed E-state index contributed by atoms with van der Waals surface area (Å²) in [6.07, 6.45) is 0.707. The van der Waals surface area contributed by atoms with Crippen LogP contribution in [0.3, 0.4) is 0 Å². The molecule has 1 aromatic heterocycles. The van der Waals surface area contributed by atoms with Gasteiger partial charge in [0.05, 0.1) is 7.11 Å². The molecule has 0 atom stereocenters. The highest BCUT2D eigenvalue weighted by molar-refractivity contribution is 7.05. The van der Waals surface area contributed by atoms with Crippen molar-refractivity contribution in [2.75, 3.05) is 12.8 Å². The zero-order valence-corrected chi connectivity index (χ0v) is 9.12. The first-order valence-corrected chi connectivity index (χ1v) is 5.27. The van der Waals surface area contributed by atoms with Crippen LogP contribution in [-0.2, 0) is 6.42 Å². The van der Waals surface area contributed by atoms with Gasteiger partial charge in [0.15, 0.2) is 0 Å². The Morgan fingerprint density at radius 2 is 2.20 bits per heavy atom. The fourth-order valence-electron chi connectivity index (χ4n) is 1.35. The third-order valence-electron chi connectivity index (χ3n) is 2.02. The third kappa shape index (κ3) is 2.24. The van der Waals surface area contributed by atoms with Crippen molar-refractivity contribution in [1.82, 2.24) is 9.36 Å². The van der Waals surface area contributed by atoms with Gasteiger partial charge in [0.25, 0.3) is 0 Å². The number of hydrogen-bond acceptors (Lipinski definition) is 5. The predicted octanol–water partition coefficient (Wildman–Crippen LogP) is 1.72. The second-order valence-corrected chi connectivity index (χ2v) is 3.87. The van der Waals surface area contributed by atoms with Crippen molar-refractivity contribution in [2.45, 2.75) is 6.42 Å². The van der Waals surface area contributed by atoms with Gasteiger partial charge in [-0.25, -0.2) is 4.98 Å². The summed E-state index contributed by atoms with van der Waals surface area (Å²) < 4.78 is 9.19. The molecular formula is C10H11N3OS. The Morgan fingerprint density at radius 1 is 1.40 bits per heavy atom. The number of benzene rings is 1. The van der Waals surface area contributed by atoms with Gasteiger partial charge < -0.3 is 10.5 Å². The van der Waals surface area contributed by atoms with Gasteiger partial charge >= 0.3 is 0 Å². The Labute approximate surface area is 91.9 Å². The van der Waals surface area contributed by atoms with E-state index in [9.17, 15) is 0 Å². The SMILES string of the molecule is COc1ccccc1Cc1nc(N)ns1. The second-order valence-electron chi connectivity index (χ2n) is 3.03. The quantitative estimate of drug-likeness (QED) is 0.857. The van der Waals surface area contributed by atoms with Crippen LogP contribution in [0.2, 0.25) is 0 Å². The van der Waals surface area contributed by atoms with Crippen molar-refractivity contribution in [2.24, 2.45) is 0 Å². The summed E-state index contributed by atoms with van der Waals surface area (Å²) in [4.78, 5) is 4.11. The molecule has 2 aromatic rings. The number of anilines is 1. The van der Waals surface area contributed by atoms with Crippen molar-refractivity contribution in [3.05, 3.63) is 34.8 Å². The van der Waals surface area contributed by atoms with E-state index in [1.165, 1.54) is 11.5 Å². The van der Waals surface area contributed by atoms with Crippen molar-refractivity contribution >= 4 is 17.5 Å². The highest BCUT2D eigenvalue weighted by Gasteiger charge is 2.06. The molecule has 0 saturated heterocycles. The molecule has 2 rings (SSSR count). The molecule has 5 heteroatoms. The first-order valence-electron chi connectivity index (χ1n) is 4.49. The van der Waals surface area contributed by atoms with Crippen molar-refractivity contribution in [3.8, 4) is 5.75 Å². The van der Waals surface area contributed by atoms with Gasteiger partial charge in [-0.05, 0) is 17.6 Å². The lowest BCUT2D eigenvalue weighted by molar-refractivity contribution is 0.410. The molecule has 0 aliphatic carbocycles. The zero-order chi connectivity index (χ0) is 10.7. The van der Waals surface area contributed by atoms with E-state index in [1.54, 1.807) is 7.11 Å². The van der Waals surface area contributed by atoms with Crippen molar-refractivity contribution < 1.29 is 4.74 Å². The number of nitrogens with two attached hydrogens (primary N) is 1. The Balaban J connectivity index is 2.23. The number of methoxy groups -OCH3 is 1. The van der Waals surface area contributed by atoms with Gasteiger partial charge in [-0.1, -0.05) is 18.2 Å².